The van der Waals surface area contributed by atoms with E-state index in [1.807, 2.05) is 0 Å². The number of nitrogens with zero attached hydrogens (tertiary/aromatic N) is 2. The number of sulfone groups is 1. The van der Waals surface area contributed by atoms with Gasteiger partial charge in [0.25, 0.3) is 0 Å². The van der Waals surface area contributed by atoms with Crippen LogP contribution in [0.2, 0.25) is 0 Å². The summed E-state index contributed by atoms with van der Waals surface area (Å²) in [5, 5.41) is 3.54. The summed E-state index contributed by atoms with van der Waals surface area (Å²) in [4.78, 5) is 7.21. The van der Waals surface area contributed by atoms with Crippen LogP contribution >= 0.6 is 24.0 Å². The highest BCUT2D eigenvalue weighted by Crippen LogP contribution is 2.33. The van der Waals surface area contributed by atoms with Gasteiger partial charge in [0.2, 0.25) is 0 Å². The number of guanidine groups is 1. The minimum absolute atomic E-state index is 0. The third kappa shape index (κ3) is 6.73. The minimum Gasteiger partial charge on any atom is -0.376 e. The molecule has 0 aliphatic carbocycles. The number of likely N-dealkylation sites (tertiary alicyclic amines) is 1. The molecule has 0 amide bonds. The molecule has 3 fully saturated rings. The van der Waals surface area contributed by atoms with Crippen LogP contribution < -0.4 is 5.32 Å². The average Bonchev–Trinajstić information content (AvgIpc) is 3.19. The van der Waals surface area contributed by atoms with E-state index in [4.69, 9.17) is 9.73 Å². The Morgan fingerprint density at radius 1 is 1.33 bits per heavy atom. The third-order valence-electron chi connectivity index (χ3n) is 6.30. The lowest BCUT2D eigenvalue weighted by Crippen LogP contribution is -2.45. The zero-order valence-electron chi connectivity index (χ0n) is 16.8. The molecular formula is C19H36IN3O3S. The van der Waals surface area contributed by atoms with Gasteiger partial charge in [0.05, 0.1) is 17.6 Å². The fourth-order valence-corrected chi connectivity index (χ4v) is 6.02. The molecule has 3 rings (SSSR count). The van der Waals surface area contributed by atoms with Crippen LogP contribution in [0.4, 0.5) is 0 Å². The lowest BCUT2D eigenvalue weighted by molar-refractivity contribution is 0.0191. The number of rotatable bonds is 5. The molecule has 3 unspecified atom stereocenters. The zero-order chi connectivity index (χ0) is 18.6. The molecule has 6 nitrogen and oxygen atoms in total. The van der Waals surface area contributed by atoms with E-state index in [0.29, 0.717) is 23.5 Å². The van der Waals surface area contributed by atoms with Crippen LogP contribution in [-0.2, 0) is 14.6 Å². The van der Waals surface area contributed by atoms with E-state index in [1.54, 1.807) is 0 Å². The highest BCUT2D eigenvalue weighted by atomic mass is 127. The number of halogens is 1. The van der Waals surface area contributed by atoms with E-state index < -0.39 is 9.84 Å². The molecular weight excluding hydrogens is 477 g/mol. The van der Waals surface area contributed by atoms with Crippen LogP contribution in [0.25, 0.3) is 0 Å². The SMILES string of the molecule is CCC1(C)CCN(C(=NCC2CCS(=O)(=O)C2)NCC2CCCCO2)C1.I. The first-order valence-electron chi connectivity index (χ1n) is 10.2. The Morgan fingerprint density at radius 2 is 2.15 bits per heavy atom. The molecule has 0 aromatic carbocycles. The van der Waals surface area contributed by atoms with Crippen molar-refractivity contribution >= 4 is 39.8 Å². The Balaban J connectivity index is 0.00000261. The van der Waals surface area contributed by atoms with Crippen LogP contribution in [0, 0.1) is 11.3 Å². The first-order valence-corrected chi connectivity index (χ1v) is 12.1. The van der Waals surface area contributed by atoms with Gasteiger partial charge >= 0.3 is 0 Å². The Kier molecular flexibility index (Phi) is 8.67. The van der Waals surface area contributed by atoms with E-state index >= 15 is 0 Å². The van der Waals surface area contributed by atoms with E-state index in [-0.39, 0.29) is 36.0 Å². The Hall–Kier alpha value is -0.0900. The van der Waals surface area contributed by atoms with Gasteiger partial charge in [-0.15, -0.1) is 24.0 Å². The van der Waals surface area contributed by atoms with Crippen molar-refractivity contribution < 1.29 is 13.2 Å². The smallest absolute Gasteiger partial charge is 0.194 e. The van der Waals surface area contributed by atoms with Gasteiger partial charge in [0.15, 0.2) is 15.8 Å². The molecule has 8 heteroatoms. The first-order chi connectivity index (χ1) is 12.4. The van der Waals surface area contributed by atoms with Crippen LogP contribution in [0.1, 0.15) is 52.4 Å². The molecule has 27 heavy (non-hydrogen) atoms. The van der Waals surface area contributed by atoms with E-state index in [2.05, 4.69) is 24.1 Å². The standard InChI is InChI=1S/C19H35N3O3S.HI/c1-3-19(2)8-9-22(15-19)18(21-13-17-6-4-5-10-25-17)20-12-16-7-11-26(23,24)14-16;/h16-17H,3-15H2,1-2H3,(H,20,21);1H. The van der Waals surface area contributed by atoms with Gasteiger partial charge in [0, 0.05) is 32.8 Å². The second-order valence-corrected chi connectivity index (χ2v) is 10.9. The molecule has 0 saturated carbocycles. The van der Waals surface area contributed by atoms with Gasteiger partial charge in [-0.25, -0.2) is 8.42 Å². The summed E-state index contributed by atoms with van der Waals surface area (Å²) in [6.45, 7) is 8.89. The molecule has 0 aromatic rings. The topological polar surface area (TPSA) is 71.0 Å². The van der Waals surface area contributed by atoms with E-state index in [0.717, 1.165) is 51.5 Å². The molecule has 3 atom stereocenters. The summed E-state index contributed by atoms with van der Waals surface area (Å²) in [6.07, 6.45) is 6.86. The van der Waals surface area contributed by atoms with Gasteiger partial charge in [0.1, 0.15) is 0 Å². The van der Waals surface area contributed by atoms with Crippen molar-refractivity contribution in [2.75, 3.05) is 44.3 Å². The lowest BCUT2D eigenvalue weighted by atomic mass is 9.87. The number of hydrogen-bond acceptors (Lipinski definition) is 4. The molecule has 158 valence electrons. The van der Waals surface area contributed by atoms with Gasteiger partial charge in [-0.3, -0.25) is 4.99 Å². The summed E-state index contributed by atoms with van der Waals surface area (Å²) >= 11 is 0. The quantitative estimate of drug-likeness (QED) is 0.348. The van der Waals surface area contributed by atoms with Gasteiger partial charge in [-0.1, -0.05) is 13.8 Å². The number of hydrogen-bond donors (Lipinski definition) is 1. The van der Waals surface area contributed by atoms with Crippen LogP contribution in [0.15, 0.2) is 4.99 Å². The third-order valence-corrected chi connectivity index (χ3v) is 8.14. The largest absolute Gasteiger partial charge is 0.376 e. The van der Waals surface area contributed by atoms with Gasteiger partial charge in [-0.2, -0.15) is 0 Å². The summed E-state index contributed by atoms with van der Waals surface area (Å²) in [7, 11) is -2.84. The van der Waals surface area contributed by atoms with Crippen molar-refractivity contribution in [2.24, 2.45) is 16.3 Å². The number of ether oxygens (including phenoxy) is 1. The molecule has 1 N–H and O–H groups in total. The van der Waals surface area contributed by atoms with Crippen molar-refractivity contribution in [3.63, 3.8) is 0 Å². The molecule has 0 radical (unpaired) electrons. The van der Waals surface area contributed by atoms with Crippen LogP contribution in [0.3, 0.4) is 0 Å². The first kappa shape index (κ1) is 23.2. The van der Waals surface area contributed by atoms with Gasteiger partial charge in [-0.05, 0) is 49.9 Å². The highest BCUT2D eigenvalue weighted by Gasteiger charge is 2.34. The van der Waals surface area contributed by atoms with Crippen molar-refractivity contribution in [3.8, 4) is 0 Å². The lowest BCUT2D eigenvalue weighted by Gasteiger charge is -2.28. The molecule has 3 aliphatic heterocycles. The molecule has 3 aliphatic rings. The monoisotopic (exact) mass is 513 g/mol. The van der Waals surface area contributed by atoms with Crippen LogP contribution in [-0.4, -0.2) is 69.7 Å². The number of aliphatic imine (C=N–C) groups is 1. The minimum atomic E-state index is -2.84. The summed E-state index contributed by atoms with van der Waals surface area (Å²) in [5.74, 6) is 1.73. The van der Waals surface area contributed by atoms with Crippen molar-refractivity contribution in [1.29, 1.82) is 0 Å². The number of nitrogens with one attached hydrogen (secondary N) is 1. The second-order valence-electron chi connectivity index (χ2n) is 8.64. The van der Waals surface area contributed by atoms with E-state index in [1.165, 1.54) is 19.3 Å². The van der Waals surface area contributed by atoms with Crippen molar-refractivity contribution in [1.82, 2.24) is 10.2 Å². The summed E-state index contributed by atoms with van der Waals surface area (Å²) in [5.41, 5.74) is 0.348. The maximum absolute atomic E-state index is 11.7. The molecule has 0 aromatic heterocycles. The summed E-state index contributed by atoms with van der Waals surface area (Å²) in [6, 6.07) is 0. The van der Waals surface area contributed by atoms with Crippen LogP contribution in [0.5, 0.6) is 0 Å². The maximum Gasteiger partial charge on any atom is 0.194 e. The Labute approximate surface area is 181 Å². The van der Waals surface area contributed by atoms with Crippen molar-refractivity contribution in [2.45, 2.75) is 58.5 Å². The normalized spacial score (nSPS) is 33.7. The molecule has 0 bridgehead atoms. The predicted molar refractivity (Wildman–Crippen MR) is 121 cm³/mol. The molecule has 3 heterocycles. The molecule has 3 saturated heterocycles. The fraction of sp³-hybridized carbons (Fsp3) is 0.947. The highest BCUT2D eigenvalue weighted by molar-refractivity contribution is 14.0. The second kappa shape index (κ2) is 10.1. The van der Waals surface area contributed by atoms with E-state index in [9.17, 15) is 8.42 Å². The molecule has 0 spiro atoms. The Bertz CT molecular complexity index is 607. The average molecular weight is 513 g/mol. The Morgan fingerprint density at radius 3 is 2.74 bits per heavy atom. The van der Waals surface area contributed by atoms with Crippen molar-refractivity contribution in [3.05, 3.63) is 0 Å². The fourth-order valence-electron chi connectivity index (χ4n) is 4.17. The maximum atomic E-state index is 11.7. The summed E-state index contributed by atoms with van der Waals surface area (Å²) < 4.78 is 29.3. The predicted octanol–water partition coefficient (Wildman–Crippen LogP) is 2.68. The zero-order valence-corrected chi connectivity index (χ0v) is 19.9. The van der Waals surface area contributed by atoms with Gasteiger partial charge < -0.3 is 15.0 Å².